The molecule has 0 radical (unpaired) electrons. The summed E-state index contributed by atoms with van der Waals surface area (Å²) in [6.07, 6.45) is 2.33. The van der Waals surface area contributed by atoms with Crippen molar-refractivity contribution in [1.29, 1.82) is 0 Å². The van der Waals surface area contributed by atoms with Gasteiger partial charge in [-0.25, -0.2) is 10.1 Å². The number of hydrogen-bond acceptors (Lipinski definition) is 6. The van der Waals surface area contributed by atoms with Gasteiger partial charge >= 0.3 is 0 Å². The number of H-pyrrole nitrogens is 2. The molecule has 0 spiro atoms. The Labute approximate surface area is 189 Å². The first-order valence-corrected chi connectivity index (χ1v) is 10.7. The van der Waals surface area contributed by atoms with Gasteiger partial charge in [0, 0.05) is 12.0 Å². The van der Waals surface area contributed by atoms with E-state index < -0.39 is 0 Å². The van der Waals surface area contributed by atoms with Crippen molar-refractivity contribution in [3.63, 3.8) is 0 Å². The number of fused-ring (bicyclic) bond motifs is 1. The van der Waals surface area contributed by atoms with Crippen molar-refractivity contribution in [3.05, 3.63) is 76.5 Å². The molecule has 3 heterocycles. The number of tetrazole rings is 1. The lowest BCUT2D eigenvalue weighted by atomic mass is 9.91. The molecule has 0 atom stereocenters. The van der Waals surface area contributed by atoms with Crippen molar-refractivity contribution in [3.8, 4) is 22.5 Å². The first-order chi connectivity index (χ1) is 15.9. The molecule has 0 aliphatic heterocycles. The van der Waals surface area contributed by atoms with Crippen LogP contribution in [0.3, 0.4) is 0 Å². The van der Waals surface area contributed by atoms with Crippen molar-refractivity contribution in [2.75, 3.05) is 0 Å². The maximum Gasteiger partial charge on any atom is 0.290 e. The van der Waals surface area contributed by atoms with Crippen LogP contribution in [0.15, 0.2) is 59.5 Å². The lowest BCUT2D eigenvalue weighted by molar-refractivity contribution is 0.394. The molecule has 0 unspecified atom stereocenters. The van der Waals surface area contributed by atoms with Crippen LogP contribution in [0.5, 0.6) is 0 Å². The summed E-state index contributed by atoms with van der Waals surface area (Å²) in [7, 11) is 0. The largest absolute Gasteiger partial charge is 0.319 e. The van der Waals surface area contributed by atoms with Crippen LogP contribution >= 0.6 is 0 Å². The lowest BCUT2D eigenvalue weighted by Gasteiger charge is -2.20. The van der Waals surface area contributed by atoms with Gasteiger partial charge in [-0.1, -0.05) is 69.3 Å². The van der Waals surface area contributed by atoms with Gasteiger partial charge in [-0.2, -0.15) is 10.3 Å². The second-order valence-electron chi connectivity index (χ2n) is 9.22. The predicted octanol–water partition coefficient (Wildman–Crippen LogP) is 3.60. The number of imidazole rings is 1. The fourth-order valence-corrected chi connectivity index (χ4v) is 4.11. The molecule has 0 saturated carbocycles. The van der Waals surface area contributed by atoms with Crippen LogP contribution in [0.1, 0.15) is 32.2 Å². The number of benzene rings is 2. The monoisotopic (exact) mass is 440 g/mol. The third-order valence-electron chi connectivity index (χ3n) is 5.48. The first-order valence-electron chi connectivity index (χ1n) is 10.7. The van der Waals surface area contributed by atoms with Crippen LogP contribution in [-0.2, 0) is 13.0 Å². The molecule has 0 amide bonds. The Morgan fingerprint density at radius 1 is 0.970 bits per heavy atom. The molecule has 33 heavy (non-hydrogen) atoms. The SMILES string of the molecule is CC(C)(C)Cc1nc2cn[nH]c(=O)c2n1Cc1ccccc1-c1ccccc1-c1nn[nH]n1. The minimum absolute atomic E-state index is 0.00402. The Hall–Kier alpha value is -4.14. The zero-order valence-corrected chi connectivity index (χ0v) is 18.7. The lowest BCUT2D eigenvalue weighted by Crippen LogP contribution is -2.18. The van der Waals surface area contributed by atoms with Gasteiger partial charge in [0.05, 0.1) is 12.7 Å². The van der Waals surface area contributed by atoms with Gasteiger partial charge < -0.3 is 4.57 Å². The fourth-order valence-electron chi connectivity index (χ4n) is 4.11. The van der Waals surface area contributed by atoms with Crippen LogP contribution in [0.25, 0.3) is 33.5 Å². The molecule has 9 nitrogen and oxygen atoms in total. The number of hydrogen-bond donors (Lipinski definition) is 2. The fraction of sp³-hybridized carbons (Fsp3) is 0.250. The summed E-state index contributed by atoms with van der Waals surface area (Å²) >= 11 is 0. The highest BCUT2D eigenvalue weighted by molar-refractivity contribution is 5.82. The van der Waals surface area contributed by atoms with Crippen LogP contribution in [-0.4, -0.2) is 40.4 Å². The van der Waals surface area contributed by atoms with E-state index in [-0.39, 0.29) is 11.0 Å². The second kappa shape index (κ2) is 8.09. The van der Waals surface area contributed by atoms with Crippen LogP contribution in [0.4, 0.5) is 0 Å². The van der Waals surface area contributed by atoms with Crippen LogP contribution in [0, 0.1) is 5.41 Å². The minimum atomic E-state index is -0.246. The van der Waals surface area contributed by atoms with E-state index in [0.717, 1.165) is 34.5 Å². The summed E-state index contributed by atoms with van der Waals surface area (Å²) in [5, 5.41) is 21.1. The number of aromatic nitrogens is 8. The standard InChI is InChI=1S/C24H24N8O/c1-24(2,3)12-20-26-19-13-25-29-23(33)21(19)32(20)14-15-8-4-5-9-16(15)17-10-6-7-11-18(17)22-27-30-31-28-22/h4-11,13H,12,14H2,1-3H3,(H,29,33)(H,27,28,30,31). The third kappa shape index (κ3) is 4.05. The summed E-state index contributed by atoms with van der Waals surface area (Å²) in [4.78, 5) is 17.5. The van der Waals surface area contributed by atoms with Crippen LogP contribution in [0.2, 0.25) is 0 Å². The molecule has 0 bridgehead atoms. The molecule has 2 N–H and O–H groups in total. The van der Waals surface area contributed by atoms with E-state index >= 15 is 0 Å². The number of nitrogens with one attached hydrogen (secondary N) is 2. The molecule has 0 fully saturated rings. The molecule has 5 rings (SSSR count). The maximum atomic E-state index is 12.7. The molecular formula is C24H24N8O. The Kier molecular flexibility index (Phi) is 5.08. The average Bonchev–Trinajstić information content (AvgIpc) is 3.43. The summed E-state index contributed by atoms with van der Waals surface area (Å²) in [5.74, 6) is 1.39. The molecule has 9 heteroatoms. The molecule has 3 aromatic heterocycles. The number of rotatable bonds is 5. The molecule has 5 aromatic rings. The molecule has 166 valence electrons. The van der Waals surface area contributed by atoms with Gasteiger partial charge in [0.1, 0.15) is 16.9 Å². The Balaban J connectivity index is 1.67. The highest BCUT2D eigenvalue weighted by Gasteiger charge is 2.21. The van der Waals surface area contributed by atoms with E-state index in [1.54, 1.807) is 6.20 Å². The Bertz CT molecular complexity index is 1470. The summed E-state index contributed by atoms with van der Waals surface area (Å²) in [6.45, 7) is 6.97. The number of aromatic amines is 2. The third-order valence-corrected chi connectivity index (χ3v) is 5.48. The maximum absolute atomic E-state index is 12.7. The predicted molar refractivity (Wildman–Crippen MR) is 125 cm³/mol. The molecule has 2 aromatic carbocycles. The van der Waals surface area contributed by atoms with Crippen molar-refractivity contribution in [2.24, 2.45) is 5.41 Å². The van der Waals surface area contributed by atoms with Gasteiger partial charge in [0.25, 0.3) is 5.56 Å². The molecule has 0 saturated heterocycles. The first kappa shape index (κ1) is 20.7. The number of nitrogens with zero attached hydrogens (tertiary/aromatic N) is 6. The van der Waals surface area contributed by atoms with Gasteiger partial charge in [-0.3, -0.25) is 4.79 Å². The highest BCUT2D eigenvalue weighted by Crippen LogP contribution is 2.33. The highest BCUT2D eigenvalue weighted by atomic mass is 16.1. The van der Waals surface area contributed by atoms with Crippen molar-refractivity contribution in [1.82, 2.24) is 40.4 Å². The zero-order chi connectivity index (χ0) is 23.0. The Morgan fingerprint density at radius 3 is 2.42 bits per heavy atom. The van der Waals surface area contributed by atoms with E-state index in [9.17, 15) is 4.79 Å². The van der Waals surface area contributed by atoms with E-state index in [1.807, 2.05) is 41.0 Å². The van der Waals surface area contributed by atoms with Crippen molar-refractivity contribution < 1.29 is 0 Å². The van der Waals surface area contributed by atoms with E-state index in [1.165, 1.54) is 0 Å². The Morgan fingerprint density at radius 2 is 1.70 bits per heavy atom. The van der Waals surface area contributed by atoms with E-state index in [0.29, 0.717) is 23.4 Å². The average molecular weight is 441 g/mol. The molecule has 0 aliphatic rings. The van der Waals surface area contributed by atoms with Crippen molar-refractivity contribution >= 4 is 11.0 Å². The van der Waals surface area contributed by atoms with Gasteiger partial charge in [0.15, 0.2) is 0 Å². The molecule has 0 aliphatic carbocycles. The molecular weight excluding hydrogens is 416 g/mol. The quantitative estimate of drug-likeness (QED) is 0.431. The smallest absolute Gasteiger partial charge is 0.290 e. The van der Waals surface area contributed by atoms with E-state index in [2.05, 4.69) is 63.7 Å². The van der Waals surface area contributed by atoms with Crippen LogP contribution < -0.4 is 5.56 Å². The zero-order valence-electron chi connectivity index (χ0n) is 18.7. The summed E-state index contributed by atoms with van der Waals surface area (Å²) in [5.41, 5.74) is 4.85. The van der Waals surface area contributed by atoms with Gasteiger partial charge in [-0.05, 0) is 27.3 Å². The normalized spacial score (nSPS) is 11.8. The summed E-state index contributed by atoms with van der Waals surface area (Å²) in [6, 6.07) is 16.1. The topological polar surface area (TPSA) is 118 Å². The van der Waals surface area contributed by atoms with Gasteiger partial charge in [0.2, 0.25) is 5.82 Å². The minimum Gasteiger partial charge on any atom is -0.319 e. The van der Waals surface area contributed by atoms with E-state index in [4.69, 9.17) is 4.98 Å². The van der Waals surface area contributed by atoms with Gasteiger partial charge in [-0.15, -0.1) is 10.2 Å². The second-order valence-corrected chi connectivity index (χ2v) is 9.22. The summed E-state index contributed by atoms with van der Waals surface area (Å²) < 4.78 is 2.01. The van der Waals surface area contributed by atoms with Crippen molar-refractivity contribution in [2.45, 2.75) is 33.7 Å².